The molecule has 1 unspecified atom stereocenters. The summed E-state index contributed by atoms with van der Waals surface area (Å²) in [4.78, 5) is 15.3. The Morgan fingerprint density at radius 3 is 2.63 bits per heavy atom. The molecule has 1 aliphatic carbocycles. The number of rotatable bonds is 3. The van der Waals surface area contributed by atoms with Crippen LogP contribution in [0.25, 0.3) is 0 Å². The minimum absolute atomic E-state index is 0.0606. The molecule has 4 rings (SSSR count). The standard InChI is InChI=1S/C21H28F2N2O2/c22-20(23)9-7-17(13-20)21(27,16-5-2-1-3-6-16)18(26)25-12-4-8-19(15-25)10-11-24-14-19/h1-3,5-6,17,24,27H,4,7-15H2/t17-,19?,21+/m1/s1. The number of aliphatic hydroxyl groups is 1. The van der Waals surface area contributed by atoms with Crippen LogP contribution in [0.4, 0.5) is 8.78 Å². The lowest BCUT2D eigenvalue weighted by Crippen LogP contribution is -2.56. The van der Waals surface area contributed by atoms with Gasteiger partial charge in [-0.25, -0.2) is 8.78 Å². The van der Waals surface area contributed by atoms with Gasteiger partial charge in [-0.1, -0.05) is 30.3 Å². The van der Waals surface area contributed by atoms with Crippen LogP contribution in [0.5, 0.6) is 0 Å². The number of carbonyl (C=O) groups is 1. The molecule has 1 amide bonds. The third kappa shape index (κ3) is 3.38. The van der Waals surface area contributed by atoms with Crippen LogP contribution in [-0.2, 0) is 10.4 Å². The van der Waals surface area contributed by atoms with Gasteiger partial charge in [-0.3, -0.25) is 4.79 Å². The van der Waals surface area contributed by atoms with Gasteiger partial charge in [0.1, 0.15) is 0 Å². The minimum Gasteiger partial charge on any atom is -0.375 e. The van der Waals surface area contributed by atoms with Gasteiger partial charge in [-0.2, -0.15) is 0 Å². The first-order valence-corrected chi connectivity index (χ1v) is 10.0. The van der Waals surface area contributed by atoms with Gasteiger partial charge in [0, 0.05) is 43.8 Å². The smallest absolute Gasteiger partial charge is 0.259 e. The number of piperidine rings is 1. The van der Waals surface area contributed by atoms with Crippen molar-refractivity contribution in [2.24, 2.45) is 11.3 Å². The Morgan fingerprint density at radius 2 is 2.00 bits per heavy atom. The Kier molecular flexibility index (Phi) is 4.75. The molecule has 0 bridgehead atoms. The van der Waals surface area contributed by atoms with E-state index in [2.05, 4.69) is 5.32 Å². The second-order valence-corrected chi connectivity index (χ2v) is 8.69. The molecule has 1 aromatic carbocycles. The highest BCUT2D eigenvalue weighted by atomic mass is 19.3. The first-order chi connectivity index (χ1) is 12.8. The van der Waals surface area contributed by atoms with Crippen molar-refractivity contribution in [3.63, 3.8) is 0 Å². The molecule has 2 saturated heterocycles. The number of halogens is 2. The predicted molar refractivity (Wildman–Crippen MR) is 98.4 cm³/mol. The fraction of sp³-hybridized carbons (Fsp3) is 0.667. The first kappa shape index (κ1) is 18.8. The van der Waals surface area contributed by atoms with Crippen LogP contribution < -0.4 is 5.32 Å². The van der Waals surface area contributed by atoms with Crippen molar-refractivity contribution in [3.8, 4) is 0 Å². The second kappa shape index (κ2) is 6.82. The SMILES string of the molecule is O=C(N1CCCC2(CCNC2)C1)[C@](O)(c1ccccc1)[C@@H]1CCC(F)(F)C1. The van der Waals surface area contributed by atoms with Crippen molar-refractivity contribution in [2.75, 3.05) is 26.2 Å². The maximum atomic E-state index is 13.9. The fourth-order valence-electron chi connectivity index (χ4n) is 5.30. The average molecular weight is 378 g/mol. The number of carbonyl (C=O) groups excluding carboxylic acids is 1. The van der Waals surface area contributed by atoms with Crippen molar-refractivity contribution < 1.29 is 18.7 Å². The monoisotopic (exact) mass is 378 g/mol. The quantitative estimate of drug-likeness (QED) is 0.850. The molecular weight excluding hydrogens is 350 g/mol. The van der Waals surface area contributed by atoms with Crippen LogP contribution in [0.2, 0.25) is 0 Å². The summed E-state index contributed by atoms with van der Waals surface area (Å²) in [6.45, 7) is 3.00. The maximum Gasteiger partial charge on any atom is 0.259 e. The van der Waals surface area contributed by atoms with E-state index in [1.54, 1.807) is 35.2 Å². The van der Waals surface area contributed by atoms with E-state index in [-0.39, 0.29) is 18.3 Å². The minimum atomic E-state index is -2.81. The van der Waals surface area contributed by atoms with Gasteiger partial charge >= 0.3 is 0 Å². The largest absolute Gasteiger partial charge is 0.375 e. The van der Waals surface area contributed by atoms with E-state index in [1.807, 2.05) is 0 Å². The highest BCUT2D eigenvalue weighted by Gasteiger charge is 2.55. The lowest BCUT2D eigenvalue weighted by atomic mass is 9.75. The van der Waals surface area contributed by atoms with Gasteiger partial charge in [0.15, 0.2) is 5.60 Å². The molecule has 1 spiro atoms. The second-order valence-electron chi connectivity index (χ2n) is 8.69. The summed E-state index contributed by atoms with van der Waals surface area (Å²) in [6.07, 6.45) is 2.42. The Hall–Kier alpha value is -1.53. The summed E-state index contributed by atoms with van der Waals surface area (Å²) in [7, 11) is 0. The van der Waals surface area contributed by atoms with E-state index in [1.165, 1.54) is 0 Å². The highest BCUT2D eigenvalue weighted by molar-refractivity contribution is 5.87. The summed E-state index contributed by atoms with van der Waals surface area (Å²) >= 11 is 0. The lowest BCUT2D eigenvalue weighted by Gasteiger charge is -2.44. The molecule has 2 heterocycles. The molecule has 2 N–H and O–H groups in total. The van der Waals surface area contributed by atoms with Gasteiger partial charge in [-0.15, -0.1) is 0 Å². The van der Waals surface area contributed by atoms with Crippen LogP contribution in [-0.4, -0.2) is 48.0 Å². The Bertz CT molecular complexity index is 691. The number of hydrogen-bond acceptors (Lipinski definition) is 3. The molecular formula is C21H28F2N2O2. The zero-order valence-electron chi connectivity index (χ0n) is 15.6. The van der Waals surface area contributed by atoms with E-state index < -0.39 is 29.8 Å². The van der Waals surface area contributed by atoms with Crippen molar-refractivity contribution in [1.29, 1.82) is 0 Å². The first-order valence-electron chi connectivity index (χ1n) is 10.0. The molecule has 27 heavy (non-hydrogen) atoms. The molecule has 1 saturated carbocycles. The third-order valence-electron chi connectivity index (χ3n) is 6.82. The number of hydrogen-bond donors (Lipinski definition) is 2. The molecule has 6 heteroatoms. The van der Waals surface area contributed by atoms with Crippen LogP contribution in [0.3, 0.4) is 0 Å². The number of alkyl halides is 2. The summed E-state index contributed by atoms with van der Waals surface area (Å²) in [6, 6.07) is 8.67. The topological polar surface area (TPSA) is 52.6 Å². The Labute approximate surface area is 158 Å². The van der Waals surface area contributed by atoms with Crippen molar-refractivity contribution in [2.45, 2.75) is 50.0 Å². The molecule has 2 aliphatic heterocycles. The van der Waals surface area contributed by atoms with E-state index >= 15 is 0 Å². The van der Waals surface area contributed by atoms with E-state index in [4.69, 9.17) is 0 Å². The van der Waals surface area contributed by atoms with Crippen molar-refractivity contribution in [3.05, 3.63) is 35.9 Å². The molecule has 3 aliphatic rings. The van der Waals surface area contributed by atoms with Gasteiger partial charge in [0.2, 0.25) is 5.92 Å². The predicted octanol–water partition coefficient (Wildman–Crippen LogP) is 2.91. The van der Waals surface area contributed by atoms with Crippen LogP contribution in [0.1, 0.15) is 44.1 Å². The van der Waals surface area contributed by atoms with Gasteiger partial charge < -0.3 is 15.3 Å². The zero-order valence-corrected chi connectivity index (χ0v) is 15.6. The van der Waals surface area contributed by atoms with Crippen molar-refractivity contribution in [1.82, 2.24) is 10.2 Å². The van der Waals surface area contributed by atoms with Gasteiger partial charge in [0.05, 0.1) is 0 Å². The van der Waals surface area contributed by atoms with E-state index in [9.17, 15) is 18.7 Å². The van der Waals surface area contributed by atoms with Crippen molar-refractivity contribution >= 4 is 5.91 Å². The van der Waals surface area contributed by atoms with E-state index in [0.717, 1.165) is 32.4 Å². The average Bonchev–Trinajstić information content (AvgIpc) is 3.27. The number of likely N-dealkylation sites (tertiary alicyclic amines) is 1. The van der Waals surface area contributed by atoms with Crippen LogP contribution in [0, 0.1) is 11.3 Å². The summed E-state index contributed by atoms with van der Waals surface area (Å²) in [5.74, 6) is -3.98. The molecule has 0 aromatic heterocycles. The van der Waals surface area contributed by atoms with Crippen LogP contribution in [0.15, 0.2) is 30.3 Å². The Morgan fingerprint density at radius 1 is 1.22 bits per heavy atom. The maximum absolute atomic E-state index is 13.9. The number of nitrogens with one attached hydrogen (secondary N) is 1. The zero-order chi connectivity index (χ0) is 19.1. The third-order valence-corrected chi connectivity index (χ3v) is 6.82. The number of benzene rings is 1. The Balaban J connectivity index is 1.65. The molecule has 0 radical (unpaired) electrons. The van der Waals surface area contributed by atoms with Crippen LogP contribution >= 0.6 is 0 Å². The summed E-state index contributed by atoms with van der Waals surface area (Å²) < 4.78 is 27.9. The lowest BCUT2D eigenvalue weighted by molar-refractivity contribution is -0.163. The highest BCUT2D eigenvalue weighted by Crippen LogP contribution is 2.49. The number of amides is 1. The molecule has 3 atom stereocenters. The summed E-state index contributed by atoms with van der Waals surface area (Å²) in [5.41, 5.74) is -1.39. The fourth-order valence-corrected chi connectivity index (χ4v) is 5.30. The molecule has 4 nitrogen and oxygen atoms in total. The van der Waals surface area contributed by atoms with Gasteiger partial charge in [0.25, 0.3) is 5.91 Å². The molecule has 3 fully saturated rings. The molecule has 1 aromatic rings. The molecule has 148 valence electrons. The number of nitrogens with zero attached hydrogens (tertiary/aromatic N) is 1. The summed E-state index contributed by atoms with van der Waals surface area (Å²) in [5, 5.41) is 15.0. The normalized spacial score (nSPS) is 32.6. The van der Waals surface area contributed by atoms with Gasteiger partial charge in [-0.05, 0) is 37.8 Å². The van der Waals surface area contributed by atoms with E-state index in [0.29, 0.717) is 18.7 Å².